The molecule has 0 aromatic heterocycles. The summed E-state index contributed by atoms with van der Waals surface area (Å²) in [5.74, 6) is 0.847. The lowest BCUT2D eigenvalue weighted by molar-refractivity contribution is -0.117. The van der Waals surface area contributed by atoms with E-state index >= 15 is 0 Å². The molecule has 0 bridgehead atoms. The lowest BCUT2D eigenvalue weighted by Crippen LogP contribution is -2.52. The van der Waals surface area contributed by atoms with Crippen molar-refractivity contribution in [1.29, 1.82) is 0 Å². The number of hydrogen-bond donors (Lipinski definition) is 0. The molecule has 2 aromatic carbocycles. The zero-order valence-corrected chi connectivity index (χ0v) is 29.4. The first-order valence-corrected chi connectivity index (χ1v) is 18.3. The van der Waals surface area contributed by atoms with E-state index in [9.17, 15) is 0 Å². The molecule has 244 valence electrons. The number of aryl methyl sites for hydroxylation is 2. The maximum absolute atomic E-state index is 7.97. The summed E-state index contributed by atoms with van der Waals surface area (Å²) in [5.41, 5.74) is 5.00. The van der Waals surface area contributed by atoms with Gasteiger partial charge in [-0.25, -0.2) is 0 Å². The Labute approximate surface area is 277 Å². The SMILES string of the molecule is CCCCCCC(C)C(OC(C(C)CCCCCC)C1(c2ccc(C)cc2)C=CC=CC1)C1(c2ccc(C)cc2)C=CC=CC1. The molecular weight excluding hydrogens is 544 g/mol. The molecule has 1 heteroatoms. The second kappa shape index (κ2) is 17.3. The van der Waals surface area contributed by atoms with Crippen LogP contribution in [0.1, 0.15) is 127 Å². The van der Waals surface area contributed by atoms with Gasteiger partial charge >= 0.3 is 0 Å². The largest absolute Gasteiger partial charge is 0.372 e. The van der Waals surface area contributed by atoms with Gasteiger partial charge in [0.25, 0.3) is 0 Å². The minimum Gasteiger partial charge on any atom is -0.372 e. The third-order valence-corrected chi connectivity index (χ3v) is 10.7. The highest BCUT2D eigenvalue weighted by molar-refractivity contribution is 5.41. The summed E-state index contributed by atoms with van der Waals surface area (Å²) in [6.07, 6.45) is 33.5. The van der Waals surface area contributed by atoms with Gasteiger partial charge in [0.15, 0.2) is 0 Å². The van der Waals surface area contributed by atoms with E-state index in [4.69, 9.17) is 4.74 Å². The van der Waals surface area contributed by atoms with Crippen LogP contribution in [0.25, 0.3) is 0 Å². The zero-order chi connectivity index (χ0) is 32.1. The van der Waals surface area contributed by atoms with Crippen molar-refractivity contribution in [3.05, 3.63) is 119 Å². The topological polar surface area (TPSA) is 9.23 Å². The van der Waals surface area contributed by atoms with Crippen molar-refractivity contribution in [3.63, 3.8) is 0 Å². The van der Waals surface area contributed by atoms with E-state index in [1.165, 1.54) is 86.5 Å². The van der Waals surface area contributed by atoms with Gasteiger partial charge in [0.1, 0.15) is 0 Å². The van der Waals surface area contributed by atoms with Crippen LogP contribution >= 0.6 is 0 Å². The molecule has 0 saturated carbocycles. The smallest absolute Gasteiger partial charge is 0.0739 e. The number of rotatable bonds is 18. The molecular formula is C44H62O. The van der Waals surface area contributed by atoms with E-state index in [1.54, 1.807) is 0 Å². The van der Waals surface area contributed by atoms with E-state index in [1.807, 2.05) is 0 Å². The molecule has 2 aromatic rings. The molecule has 0 amide bonds. The summed E-state index contributed by atoms with van der Waals surface area (Å²) in [6.45, 7) is 14.0. The van der Waals surface area contributed by atoms with Crippen LogP contribution in [-0.4, -0.2) is 12.2 Å². The summed E-state index contributed by atoms with van der Waals surface area (Å²) < 4.78 is 7.97. The minimum atomic E-state index is -0.199. The summed E-state index contributed by atoms with van der Waals surface area (Å²) >= 11 is 0. The fourth-order valence-electron chi connectivity index (χ4n) is 7.95. The van der Waals surface area contributed by atoms with Crippen LogP contribution in [-0.2, 0) is 15.6 Å². The van der Waals surface area contributed by atoms with Crippen LogP contribution in [0.3, 0.4) is 0 Å². The van der Waals surface area contributed by atoms with Crippen LogP contribution in [0.5, 0.6) is 0 Å². The lowest BCUT2D eigenvalue weighted by Gasteiger charge is -2.50. The second-order valence-electron chi connectivity index (χ2n) is 14.4. The van der Waals surface area contributed by atoms with Crippen LogP contribution < -0.4 is 0 Å². The predicted octanol–water partition coefficient (Wildman–Crippen LogP) is 12.5. The Morgan fingerprint density at radius 1 is 0.556 bits per heavy atom. The summed E-state index contributed by atoms with van der Waals surface area (Å²) in [5, 5.41) is 0. The molecule has 0 N–H and O–H groups in total. The van der Waals surface area contributed by atoms with Crippen molar-refractivity contribution in [1.82, 2.24) is 0 Å². The number of unbranched alkanes of at least 4 members (excludes halogenated alkanes) is 6. The normalized spacial score (nSPS) is 23.6. The van der Waals surface area contributed by atoms with E-state index < -0.39 is 0 Å². The first-order chi connectivity index (χ1) is 21.9. The second-order valence-corrected chi connectivity index (χ2v) is 14.4. The number of hydrogen-bond acceptors (Lipinski definition) is 1. The molecule has 45 heavy (non-hydrogen) atoms. The van der Waals surface area contributed by atoms with Crippen LogP contribution in [0.2, 0.25) is 0 Å². The molecule has 0 spiro atoms. The van der Waals surface area contributed by atoms with Crippen LogP contribution in [0, 0.1) is 25.7 Å². The Hall–Kier alpha value is -2.64. The molecule has 0 saturated heterocycles. The third-order valence-electron chi connectivity index (χ3n) is 10.7. The highest BCUT2D eigenvalue weighted by Gasteiger charge is 2.48. The Morgan fingerprint density at radius 2 is 0.956 bits per heavy atom. The maximum Gasteiger partial charge on any atom is 0.0739 e. The molecule has 6 unspecified atom stereocenters. The molecule has 0 aliphatic heterocycles. The van der Waals surface area contributed by atoms with Gasteiger partial charge in [-0.05, 0) is 62.5 Å². The van der Waals surface area contributed by atoms with Gasteiger partial charge < -0.3 is 4.74 Å². The van der Waals surface area contributed by atoms with Crippen LogP contribution in [0.4, 0.5) is 0 Å². The van der Waals surface area contributed by atoms with E-state index in [0.29, 0.717) is 11.8 Å². The summed E-state index contributed by atoms with van der Waals surface area (Å²) in [4.78, 5) is 0. The molecule has 1 nitrogen and oxygen atoms in total. The Balaban J connectivity index is 1.83. The Bertz CT molecular complexity index is 1160. The fourth-order valence-corrected chi connectivity index (χ4v) is 7.95. The van der Waals surface area contributed by atoms with Crippen LogP contribution in [0.15, 0.2) is 97.1 Å². The maximum atomic E-state index is 7.97. The van der Waals surface area contributed by atoms with E-state index in [-0.39, 0.29) is 23.0 Å². The molecule has 6 atom stereocenters. The zero-order valence-electron chi connectivity index (χ0n) is 29.4. The van der Waals surface area contributed by atoms with Crippen molar-refractivity contribution in [3.8, 4) is 0 Å². The minimum absolute atomic E-state index is 0.0627. The van der Waals surface area contributed by atoms with Gasteiger partial charge in [0.2, 0.25) is 0 Å². The van der Waals surface area contributed by atoms with Gasteiger partial charge in [-0.3, -0.25) is 0 Å². The summed E-state index contributed by atoms with van der Waals surface area (Å²) in [6, 6.07) is 18.7. The number of allylic oxidation sites excluding steroid dienone is 6. The molecule has 0 heterocycles. The molecule has 4 rings (SSSR count). The van der Waals surface area contributed by atoms with Crippen molar-refractivity contribution in [2.75, 3.05) is 0 Å². The van der Waals surface area contributed by atoms with Crippen molar-refractivity contribution in [2.24, 2.45) is 11.8 Å². The van der Waals surface area contributed by atoms with Crippen molar-refractivity contribution >= 4 is 0 Å². The van der Waals surface area contributed by atoms with Crippen molar-refractivity contribution in [2.45, 2.75) is 142 Å². The van der Waals surface area contributed by atoms with Gasteiger partial charge in [-0.15, -0.1) is 0 Å². The van der Waals surface area contributed by atoms with Gasteiger partial charge in [-0.2, -0.15) is 0 Å². The van der Waals surface area contributed by atoms with E-state index in [2.05, 4.69) is 139 Å². The van der Waals surface area contributed by atoms with E-state index in [0.717, 1.165) is 12.8 Å². The molecule has 2 aliphatic carbocycles. The Morgan fingerprint density at radius 3 is 1.29 bits per heavy atom. The number of ether oxygens (including phenoxy) is 1. The predicted molar refractivity (Wildman–Crippen MR) is 196 cm³/mol. The first-order valence-electron chi connectivity index (χ1n) is 18.3. The molecule has 2 aliphatic rings. The highest BCUT2D eigenvalue weighted by Crippen LogP contribution is 2.48. The number of benzene rings is 2. The molecule has 0 radical (unpaired) electrons. The average molecular weight is 607 g/mol. The standard InChI is InChI=1S/C44H62O/c1-7-9-11-15-21-37(5)41(43(31-17-13-18-32-43)39-27-23-35(3)24-28-39)45-42(38(6)22-16-12-10-8-2)44(33-19-14-20-34-44)40-29-25-36(4)26-30-40/h13-14,17-20,23-31,33,37-38,41-42H,7-12,15-16,21-22,32,34H2,1-6H3. The fraction of sp³-hybridized carbons (Fsp3) is 0.545. The molecule has 0 fully saturated rings. The third kappa shape index (κ3) is 8.79. The average Bonchev–Trinajstić information content (AvgIpc) is 3.06. The van der Waals surface area contributed by atoms with Gasteiger partial charge in [0.05, 0.1) is 12.2 Å². The Kier molecular flexibility index (Phi) is 13.6. The van der Waals surface area contributed by atoms with Gasteiger partial charge in [-0.1, -0.05) is 187 Å². The first kappa shape index (κ1) is 35.2. The monoisotopic (exact) mass is 606 g/mol. The highest BCUT2D eigenvalue weighted by atomic mass is 16.5. The van der Waals surface area contributed by atoms with Crippen molar-refractivity contribution < 1.29 is 4.74 Å². The quantitative estimate of drug-likeness (QED) is 0.153. The van der Waals surface area contributed by atoms with Gasteiger partial charge in [0, 0.05) is 10.8 Å². The lowest BCUT2D eigenvalue weighted by atomic mass is 9.64. The summed E-state index contributed by atoms with van der Waals surface area (Å²) in [7, 11) is 0.